The molecule has 2 heterocycles. The summed E-state index contributed by atoms with van der Waals surface area (Å²) in [5.41, 5.74) is 0.783. The van der Waals surface area contributed by atoms with Crippen LogP contribution in [0.5, 0.6) is 0 Å². The Balaban J connectivity index is 2.04. The van der Waals surface area contributed by atoms with E-state index < -0.39 is 11.9 Å². The lowest BCUT2D eigenvalue weighted by Crippen LogP contribution is -2.26. The Bertz CT molecular complexity index is 632. The quantitative estimate of drug-likeness (QED) is 0.883. The molecule has 7 heteroatoms. The minimum atomic E-state index is -1.20. The van der Waals surface area contributed by atoms with Gasteiger partial charge in [0.2, 0.25) is 5.76 Å². The summed E-state index contributed by atoms with van der Waals surface area (Å²) < 4.78 is 4.94. The van der Waals surface area contributed by atoms with E-state index in [9.17, 15) is 9.59 Å². The zero-order valence-electron chi connectivity index (χ0n) is 11.0. The average molecular weight is 294 g/mol. The maximum atomic E-state index is 11.9. The lowest BCUT2D eigenvalue weighted by molar-refractivity contribution is 0.0659. The van der Waals surface area contributed by atoms with Crippen LogP contribution in [0.25, 0.3) is 0 Å². The molecule has 1 amide bonds. The number of rotatable bonds is 5. The average Bonchev–Trinajstić information content (AvgIpc) is 3.07. The normalized spacial score (nSPS) is 12.1. The molecule has 0 aliphatic heterocycles. The number of aromatic carboxylic acids is 1. The van der Waals surface area contributed by atoms with E-state index in [1.807, 2.05) is 19.2 Å². The van der Waals surface area contributed by atoms with Gasteiger partial charge in [0.25, 0.3) is 5.91 Å². The van der Waals surface area contributed by atoms with Crippen LogP contribution in [0.15, 0.2) is 21.9 Å². The second kappa shape index (κ2) is 5.87. The van der Waals surface area contributed by atoms with Crippen molar-refractivity contribution in [2.75, 3.05) is 0 Å². The molecule has 20 heavy (non-hydrogen) atoms. The number of carboxylic acids is 1. The molecule has 0 radical (unpaired) electrons. The summed E-state index contributed by atoms with van der Waals surface area (Å²) in [7, 11) is 0. The van der Waals surface area contributed by atoms with E-state index in [2.05, 4.69) is 10.3 Å². The molecular formula is C13H14N2O4S. The van der Waals surface area contributed by atoms with Crippen LogP contribution in [0.4, 0.5) is 0 Å². The molecule has 2 N–H and O–H groups in total. The summed E-state index contributed by atoms with van der Waals surface area (Å²) in [4.78, 5) is 27.0. The number of aryl methyl sites for hydroxylation is 1. The predicted molar refractivity (Wildman–Crippen MR) is 73.0 cm³/mol. The van der Waals surface area contributed by atoms with E-state index in [-0.39, 0.29) is 17.6 Å². The highest BCUT2D eigenvalue weighted by atomic mass is 32.1. The number of hydrogen-bond donors (Lipinski definition) is 2. The van der Waals surface area contributed by atoms with E-state index in [1.165, 1.54) is 12.1 Å². The molecule has 1 atom stereocenters. The number of nitrogens with zero attached hydrogens (tertiary/aromatic N) is 1. The van der Waals surface area contributed by atoms with Gasteiger partial charge in [-0.1, -0.05) is 6.92 Å². The number of hydrogen-bond acceptors (Lipinski definition) is 5. The molecule has 2 aromatic rings. The zero-order chi connectivity index (χ0) is 14.7. The van der Waals surface area contributed by atoms with Crippen molar-refractivity contribution in [3.05, 3.63) is 39.7 Å². The summed E-state index contributed by atoms with van der Waals surface area (Å²) in [6.07, 6.45) is 0.853. The number of carboxylic acid groups (broad SMARTS) is 1. The fourth-order valence-corrected chi connectivity index (χ4v) is 2.44. The van der Waals surface area contributed by atoms with Gasteiger partial charge >= 0.3 is 5.97 Å². The van der Waals surface area contributed by atoms with Gasteiger partial charge in [-0.05, 0) is 25.5 Å². The van der Waals surface area contributed by atoms with E-state index in [1.54, 1.807) is 11.3 Å². The third-order valence-corrected chi connectivity index (χ3v) is 3.72. The minimum absolute atomic E-state index is 0.0276. The van der Waals surface area contributed by atoms with Crippen LogP contribution in [0.1, 0.15) is 51.7 Å². The first-order chi connectivity index (χ1) is 9.51. The van der Waals surface area contributed by atoms with Crippen LogP contribution in [0.2, 0.25) is 0 Å². The maximum absolute atomic E-state index is 11.9. The first kappa shape index (κ1) is 14.3. The molecule has 6 nitrogen and oxygen atoms in total. The monoisotopic (exact) mass is 294 g/mol. The third-order valence-electron chi connectivity index (χ3n) is 2.70. The van der Waals surface area contributed by atoms with Gasteiger partial charge in [-0.2, -0.15) is 0 Å². The van der Waals surface area contributed by atoms with Crippen LogP contribution in [-0.4, -0.2) is 22.0 Å². The number of amides is 1. The molecule has 0 bridgehead atoms. The number of aromatic nitrogens is 1. The van der Waals surface area contributed by atoms with Crippen molar-refractivity contribution in [3.63, 3.8) is 0 Å². The predicted octanol–water partition coefficient (Wildman–Crippen LogP) is 2.49. The topological polar surface area (TPSA) is 92.4 Å². The van der Waals surface area contributed by atoms with Gasteiger partial charge in [-0.3, -0.25) is 4.79 Å². The van der Waals surface area contributed by atoms with E-state index in [0.29, 0.717) is 0 Å². The van der Waals surface area contributed by atoms with Crippen LogP contribution < -0.4 is 5.32 Å². The Morgan fingerprint density at radius 2 is 2.15 bits per heavy atom. The molecular weight excluding hydrogens is 280 g/mol. The molecule has 1 unspecified atom stereocenters. The fraction of sp³-hybridized carbons (Fsp3) is 0.308. The van der Waals surface area contributed by atoms with E-state index >= 15 is 0 Å². The summed E-state index contributed by atoms with van der Waals surface area (Å²) >= 11 is 1.55. The van der Waals surface area contributed by atoms with Crippen molar-refractivity contribution in [2.45, 2.75) is 26.3 Å². The number of carbonyl (C=O) groups is 2. The van der Waals surface area contributed by atoms with Gasteiger partial charge in [0.1, 0.15) is 0 Å². The van der Waals surface area contributed by atoms with Gasteiger partial charge in [-0.25, -0.2) is 9.78 Å². The highest BCUT2D eigenvalue weighted by Gasteiger charge is 2.18. The van der Waals surface area contributed by atoms with Crippen LogP contribution in [0.3, 0.4) is 0 Å². The Morgan fingerprint density at radius 3 is 2.70 bits per heavy atom. The highest BCUT2D eigenvalue weighted by Crippen LogP contribution is 2.18. The molecule has 0 spiro atoms. The maximum Gasteiger partial charge on any atom is 0.371 e. The van der Waals surface area contributed by atoms with Gasteiger partial charge in [0.05, 0.1) is 16.7 Å². The van der Waals surface area contributed by atoms with Crippen molar-refractivity contribution in [3.8, 4) is 0 Å². The van der Waals surface area contributed by atoms with Gasteiger partial charge in [0, 0.05) is 5.38 Å². The number of furan rings is 1. The van der Waals surface area contributed by atoms with E-state index in [0.717, 1.165) is 17.1 Å². The van der Waals surface area contributed by atoms with Crippen LogP contribution in [0, 0.1) is 0 Å². The Labute approximate surface area is 119 Å². The van der Waals surface area contributed by atoms with Crippen molar-refractivity contribution in [1.29, 1.82) is 0 Å². The summed E-state index contributed by atoms with van der Waals surface area (Å²) in [5.74, 6) is -1.95. The molecule has 0 fully saturated rings. The minimum Gasteiger partial charge on any atom is -0.475 e. The SMILES string of the molecule is CCc1nc(C(C)NC(=O)c2ccc(C(=O)O)o2)cs1. The van der Waals surface area contributed by atoms with E-state index in [4.69, 9.17) is 9.52 Å². The second-order valence-electron chi connectivity index (χ2n) is 4.18. The van der Waals surface area contributed by atoms with Crippen LogP contribution in [-0.2, 0) is 6.42 Å². The first-order valence-corrected chi connectivity index (χ1v) is 6.97. The smallest absolute Gasteiger partial charge is 0.371 e. The van der Waals surface area contributed by atoms with Crippen LogP contribution >= 0.6 is 11.3 Å². The molecule has 0 aliphatic carbocycles. The fourth-order valence-electron chi connectivity index (χ4n) is 1.60. The molecule has 0 aliphatic rings. The molecule has 0 saturated carbocycles. The largest absolute Gasteiger partial charge is 0.475 e. The lowest BCUT2D eigenvalue weighted by Gasteiger charge is -2.09. The van der Waals surface area contributed by atoms with Crippen molar-refractivity contribution in [2.24, 2.45) is 0 Å². The van der Waals surface area contributed by atoms with Gasteiger partial charge in [0.15, 0.2) is 5.76 Å². The number of carbonyl (C=O) groups excluding carboxylic acids is 1. The summed E-state index contributed by atoms with van der Waals surface area (Å²) in [6, 6.07) is 2.32. The lowest BCUT2D eigenvalue weighted by atomic mass is 10.2. The summed E-state index contributed by atoms with van der Waals surface area (Å²) in [6.45, 7) is 3.83. The van der Waals surface area contributed by atoms with Gasteiger partial charge < -0.3 is 14.8 Å². The molecule has 2 rings (SSSR count). The Morgan fingerprint density at radius 1 is 1.45 bits per heavy atom. The second-order valence-corrected chi connectivity index (χ2v) is 5.13. The van der Waals surface area contributed by atoms with Crippen molar-refractivity contribution < 1.29 is 19.1 Å². The Kier molecular flexibility index (Phi) is 4.19. The molecule has 0 aromatic carbocycles. The zero-order valence-corrected chi connectivity index (χ0v) is 11.9. The van der Waals surface area contributed by atoms with Crippen molar-refractivity contribution >= 4 is 23.2 Å². The third kappa shape index (κ3) is 3.05. The molecule has 2 aromatic heterocycles. The Hall–Kier alpha value is -2.15. The summed E-state index contributed by atoms with van der Waals surface area (Å²) in [5, 5.41) is 14.4. The molecule has 0 saturated heterocycles. The standard InChI is InChI=1S/C13H14N2O4S/c1-3-11-15-8(6-20-11)7(2)14-12(16)9-4-5-10(19-9)13(17)18/h4-7H,3H2,1-2H3,(H,14,16)(H,17,18). The number of thiazole rings is 1. The van der Waals surface area contributed by atoms with Gasteiger partial charge in [-0.15, -0.1) is 11.3 Å². The molecule has 106 valence electrons. The number of nitrogens with one attached hydrogen (secondary N) is 1. The highest BCUT2D eigenvalue weighted by molar-refractivity contribution is 7.09. The first-order valence-electron chi connectivity index (χ1n) is 6.09. The van der Waals surface area contributed by atoms with Crippen molar-refractivity contribution in [1.82, 2.24) is 10.3 Å².